The van der Waals surface area contributed by atoms with E-state index in [0.717, 1.165) is 22.8 Å². The summed E-state index contributed by atoms with van der Waals surface area (Å²) in [7, 11) is 1.62. The van der Waals surface area contributed by atoms with Gasteiger partial charge in [-0.05, 0) is 79.7 Å². The number of ether oxygens (including phenoxy) is 1. The van der Waals surface area contributed by atoms with E-state index in [1.807, 2.05) is 49.4 Å². The Balaban J connectivity index is 1.19. The Hall–Kier alpha value is -4.99. The number of aryl methyl sites for hydroxylation is 1. The first-order chi connectivity index (χ1) is 18.9. The molecule has 198 valence electrons. The Bertz CT molecular complexity index is 1480. The van der Waals surface area contributed by atoms with Crippen LogP contribution in [0.25, 0.3) is 0 Å². The molecule has 0 bridgehead atoms. The molecule has 1 aliphatic heterocycles. The summed E-state index contributed by atoms with van der Waals surface area (Å²) < 4.78 is 18.4. The van der Waals surface area contributed by atoms with Crippen LogP contribution < -0.4 is 25.6 Å². The van der Waals surface area contributed by atoms with Crippen molar-refractivity contribution in [2.75, 3.05) is 34.5 Å². The predicted octanol–water partition coefficient (Wildman–Crippen LogP) is 5.41. The van der Waals surface area contributed by atoms with Crippen molar-refractivity contribution >= 4 is 46.3 Å². The van der Waals surface area contributed by atoms with Gasteiger partial charge in [-0.1, -0.05) is 0 Å². The topological polar surface area (TPSA) is 108 Å². The van der Waals surface area contributed by atoms with Crippen molar-refractivity contribution in [2.45, 2.75) is 13.3 Å². The summed E-state index contributed by atoms with van der Waals surface area (Å²) in [6.07, 6.45) is 0.0977. The highest BCUT2D eigenvalue weighted by atomic mass is 19.1. The molecule has 9 nitrogen and oxygen atoms in total. The van der Waals surface area contributed by atoms with Gasteiger partial charge in [0.2, 0.25) is 17.8 Å². The lowest BCUT2D eigenvalue weighted by atomic mass is 10.1. The van der Waals surface area contributed by atoms with Crippen LogP contribution in [0.4, 0.5) is 38.9 Å². The van der Waals surface area contributed by atoms with E-state index in [0.29, 0.717) is 23.1 Å². The highest BCUT2D eigenvalue weighted by Crippen LogP contribution is 2.27. The van der Waals surface area contributed by atoms with Crippen LogP contribution in [0.1, 0.15) is 12.1 Å². The third-order valence-electron chi connectivity index (χ3n) is 6.26. The first-order valence-electron chi connectivity index (χ1n) is 12.4. The van der Waals surface area contributed by atoms with Crippen molar-refractivity contribution in [3.63, 3.8) is 0 Å². The molecule has 1 aliphatic rings. The number of carbonyl (C=O) groups excluding carboxylic acids is 2. The Labute approximate surface area is 225 Å². The van der Waals surface area contributed by atoms with E-state index in [4.69, 9.17) is 4.74 Å². The molecule has 2 heterocycles. The van der Waals surface area contributed by atoms with Crippen LogP contribution in [-0.4, -0.2) is 35.4 Å². The van der Waals surface area contributed by atoms with Gasteiger partial charge in [-0.15, -0.1) is 0 Å². The van der Waals surface area contributed by atoms with Gasteiger partial charge in [0, 0.05) is 47.5 Å². The van der Waals surface area contributed by atoms with Crippen LogP contribution in [0.15, 0.2) is 78.9 Å². The van der Waals surface area contributed by atoms with Crippen LogP contribution in [-0.2, 0) is 9.59 Å². The van der Waals surface area contributed by atoms with Crippen molar-refractivity contribution < 1.29 is 18.7 Å². The fourth-order valence-electron chi connectivity index (χ4n) is 4.27. The van der Waals surface area contributed by atoms with Crippen molar-refractivity contribution in [3.8, 4) is 5.75 Å². The largest absolute Gasteiger partial charge is 0.497 e. The van der Waals surface area contributed by atoms with E-state index >= 15 is 0 Å². The maximum atomic E-state index is 13.2. The first kappa shape index (κ1) is 25.7. The summed E-state index contributed by atoms with van der Waals surface area (Å²) >= 11 is 0. The molecule has 39 heavy (non-hydrogen) atoms. The first-order valence-corrected chi connectivity index (χ1v) is 12.4. The number of methoxy groups -OCH3 is 1. The molecule has 3 aromatic carbocycles. The molecule has 4 aromatic rings. The zero-order valence-corrected chi connectivity index (χ0v) is 21.4. The molecule has 1 atom stereocenters. The summed E-state index contributed by atoms with van der Waals surface area (Å²) in [5.74, 6) is 0.540. The number of carbonyl (C=O) groups is 2. The second-order valence-electron chi connectivity index (χ2n) is 9.15. The van der Waals surface area contributed by atoms with Crippen molar-refractivity contribution in [2.24, 2.45) is 5.92 Å². The molecule has 1 saturated heterocycles. The molecule has 0 aliphatic carbocycles. The van der Waals surface area contributed by atoms with E-state index in [1.54, 1.807) is 19.2 Å². The Morgan fingerprint density at radius 3 is 2.26 bits per heavy atom. The third kappa shape index (κ3) is 6.30. The minimum absolute atomic E-state index is 0.0977. The van der Waals surface area contributed by atoms with E-state index in [-0.39, 0.29) is 30.6 Å². The average molecular weight is 527 g/mol. The van der Waals surface area contributed by atoms with Crippen LogP contribution in [0.5, 0.6) is 5.75 Å². The lowest BCUT2D eigenvalue weighted by molar-refractivity contribution is -0.122. The van der Waals surface area contributed by atoms with E-state index in [2.05, 4.69) is 25.9 Å². The number of nitrogens with one attached hydrogen (secondary N) is 3. The summed E-state index contributed by atoms with van der Waals surface area (Å²) in [5.41, 5.74) is 3.57. The smallest absolute Gasteiger partial charge is 0.229 e. The summed E-state index contributed by atoms with van der Waals surface area (Å²) in [4.78, 5) is 35.8. The molecule has 1 fully saturated rings. The fourth-order valence-corrected chi connectivity index (χ4v) is 4.27. The SMILES string of the molecule is COc1ccc(Nc2cc(C)nc(Nc3ccc(NC(=O)[C@H]4CC(=O)N(c5ccc(F)cc5)C4)cc3)n2)cc1. The van der Waals surface area contributed by atoms with Crippen molar-refractivity contribution in [3.05, 3.63) is 90.4 Å². The molecule has 2 amide bonds. The zero-order chi connectivity index (χ0) is 27.4. The third-order valence-corrected chi connectivity index (χ3v) is 6.26. The molecular weight excluding hydrogens is 499 g/mol. The quantitative estimate of drug-likeness (QED) is 0.282. The van der Waals surface area contributed by atoms with Crippen molar-refractivity contribution in [1.29, 1.82) is 0 Å². The highest BCUT2D eigenvalue weighted by molar-refractivity contribution is 6.03. The van der Waals surface area contributed by atoms with Crippen LogP contribution in [0, 0.1) is 18.7 Å². The highest BCUT2D eigenvalue weighted by Gasteiger charge is 2.35. The van der Waals surface area contributed by atoms with Gasteiger partial charge >= 0.3 is 0 Å². The van der Waals surface area contributed by atoms with Crippen LogP contribution in [0.3, 0.4) is 0 Å². The number of anilines is 6. The zero-order valence-electron chi connectivity index (χ0n) is 21.4. The Morgan fingerprint density at radius 1 is 0.923 bits per heavy atom. The molecule has 1 aromatic heterocycles. The number of hydrogen-bond acceptors (Lipinski definition) is 7. The second-order valence-corrected chi connectivity index (χ2v) is 9.15. The second kappa shape index (κ2) is 11.2. The lowest BCUT2D eigenvalue weighted by Gasteiger charge is -2.16. The van der Waals surface area contributed by atoms with Gasteiger partial charge in [0.25, 0.3) is 0 Å². The number of aromatic nitrogens is 2. The van der Waals surface area contributed by atoms with Gasteiger partial charge in [-0.2, -0.15) is 4.98 Å². The number of rotatable bonds is 8. The number of halogens is 1. The molecule has 10 heteroatoms. The number of hydrogen-bond donors (Lipinski definition) is 3. The van der Waals surface area contributed by atoms with Crippen LogP contribution >= 0.6 is 0 Å². The molecule has 0 spiro atoms. The maximum absolute atomic E-state index is 13.2. The summed E-state index contributed by atoms with van der Waals surface area (Å²) in [5, 5.41) is 9.32. The van der Waals surface area contributed by atoms with Gasteiger partial charge in [0.1, 0.15) is 17.4 Å². The Kier molecular flexibility index (Phi) is 7.35. The minimum Gasteiger partial charge on any atom is -0.497 e. The molecule has 0 unspecified atom stereocenters. The number of nitrogens with zero attached hydrogens (tertiary/aromatic N) is 3. The van der Waals surface area contributed by atoms with Crippen LogP contribution in [0.2, 0.25) is 0 Å². The van der Waals surface area contributed by atoms with Gasteiger partial charge in [-0.25, -0.2) is 9.37 Å². The van der Waals surface area contributed by atoms with Gasteiger partial charge < -0.3 is 25.6 Å². The normalized spacial score (nSPS) is 14.7. The Morgan fingerprint density at radius 2 is 1.56 bits per heavy atom. The molecule has 5 rings (SSSR count). The number of amides is 2. The lowest BCUT2D eigenvalue weighted by Crippen LogP contribution is -2.28. The van der Waals surface area contributed by atoms with E-state index < -0.39 is 5.92 Å². The van der Waals surface area contributed by atoms with Gasteiger partial charge in [0.15, 0.2) is 0 Å². The summed E-state index contributed by atoms with van der Waals surface area (Å²) in [6.45, 7) is 2.13. The summed E-state index contributed by atoms with van der Waals surface area (Å²) in [6, 6.07) is 22.2. The predicted molar refractivity (Wildman–Crippen MR) is 148 cm³/mol. The van der Waals surface area contributed by atoms with Gasteiger partial charge in [0.05, 0.1) is 13.0 Å². The van der Waals surface area contributed by atoms with E-state index in [9.17, 15) is 14.0 Å². The number of benzene rings is 3. The van der Waals surface area contributed by atoms with E-state index in [1.165, 1.54) is 29.2 Å². The monoisotopic (exact) mass is 526 g/mol. The fraction of sp³-hybridized carbons (Fsp3) is 0.172. The molecule has 3 N–H and O–H groups in total. The van der Waals surface area contributed by atoms with Crippen molar-refractivity contribution in [1.82, 2.24) is 9.97 Å². The molecular formula is C29H27FN6O3. The molecule has 0 saturated carbocycles. The maximum Gasteiger partial charge on any atom is 0.229 e. The van der Waals surface area contributed by atoms with Gasteiger partial charge in [-0.3, -0.25) is 9.59 Å². The average Bonchev–Trinajstić information content (AvgIpc) is 3.32. The standard InChI is InChI=1S/C29H27FN6O3/c1-18-15-26(32-21-9-13-25(39-2)14-10-21)35-29(31-18)34-23-7-5-22(6-8-23)33-28(38)19-16-27(37)36(17-19)24-11-3-20(30)4-12-24/h3-15,19H,16-17H2,1-2H3,(H,33,38)(H2,31,32,34,35)/t19-/m0/s1. The minimum atomic E-state index is -0.502. The molecule has 0 radical (unpaired) electrons.